The topological polar surface area (TPSA) is 34.6 Å². The van der Waals surface area contributed by atoms with Gasteiger partial charge in [-0.1, -0.05) is 37.6 Å². The van der Waals surface area contributed by atoms with Gasteiger partial charge in [0.1, 0.15) is 5.84 Å². The van der Waals surface area contributed by atoms with E-state index in [9.17, 15) is 0 Å². The number of fused-ring (bicyclic) bond motifs is 1. The Bertz CT molecular complexity index is 786. The van der Waals surface area contributed by atoms with Crippen molar-refractivity contribution < 1.29 is 0 Å². The summed E-state index contributed by atoms with van der Waals surface area (Å²) < 4.78 is 0. The van der Waals surface area contributed by atoms with Crippen LogP contribution in [0.15, 0.2) is 47.2 Å². The molecule has 140 valence electrons. The molecule has 0 saturated carbocycles. The summed E-state index contributed by atoms with van der Waals surface area (Å²) in [5.74, 6) is 1.71. The van der Waals surface area contributed by atoms with Crippen molar-refractivity contribution in [3.05, 3.63) is 47.8 Å². The number of rotatable bonds is 6. The lowest BCUT2D eigenvalue weighted by Gasteiger charge is -2.20. The molecule has 3 rings (SSSR count). The van der Waals surface area contributed by atoms with Gasteiger partial charge in [0.25, 0.3) is 0 Å². The largest absolute Gasteiger partial charge is 0.361 e. The van der Waals surface area contributed by atoms with Gasteiger partial charge < -0.3 is 9.88 Å². The van der Waals surface area contributed by atoms with Crippen molar-refractivity contribution >= 4 is 16.7 Å². The van der Waals surface area contributed by atoms with Crippen LogP contribution in [0.4, 0.5) is 0 Å². The number of aliphatic imine (C=N–C) groups is 1. The molecule has 1 aromatic carbocycles. The van der Waals surface area contributed by atoms with Crippen LogP contribution in [0.1, 0.15) is 39.2 Å². The molecule has 4 nitrogen and oxygen atoms in total. The fourth-order valence-corrected chi connectivity index (χ4v) is 3.56. The molecule has 1 aromatic heterocycles. The highest BCUT2D eigenvalue weighted by Gasteiger charge is 2.19. The summed E-state index contributed by atoms with van der Waals surface area (Å²) in [6, 6.07) is 8.53. The maximum atomic E-state index is 4.89. The molecule has 4 heteroatoms. The lowest BCUT2D eigenvalue weighted by atomic mass is 9.95. The lowest BCUT2D eigenvalue weighted by Crippen LogP contribution is -2.29. The zero-order chi connectivity index (χ0) is 18.5. The van der Waals surface area contributed by atoms with E-state index >= 15 is 0 Å². The second kappa shape index (κ2) is 8.54. The molecule has 2 heterocycles. The quantitative estimate of drug-likeness (QED) is 0.606. The Hall–Kier alpha value is -2.07. The van der Waals surface area contributed by atoms with E-state index < -0.39 is 0 Å². The Morgan fingerprint density at radius 3 is 2.85 bits per heavy atom. The second-order valence-corrected chi connectivity index (χ2v) is 7.62. The third-order valence-electron chi connectivity index (χ3n) is 5.40. The van der Waals surface area contributed by atoms with E-state index in [1.165, 1.54) is 27.9 Å². The first kappa shape index (κ1) is 18.7. The second-order valence-electron chi connectivity index (χ2n) is 7.62. The number of nitrogens with one attached hydrogen (secondary N) is 1. The Balaban J connectivity index is 1.70. The van der Waals surface area contributed by atoms with Gasteiger partial charge >= 0.3 is 0 Å². The summed E-state index contributed by atoms with van der Waals surface area (Å²) in [5, 5.41) is 1.34. The van der Waals surface area contributed by atoms with Gasteiger partial charge in [-0.05, 0) is 44.4 Å². The lowest BCUT2D eigenvalue weighted by molar-refractivity contribution is 0.356. The molecule has 0 aliphatic carbocycles. The highest BCUT2D eigenvalue weighted by Crippen LogP contribution is 2.23. The molecular weight excluding hydrogens is 320 g/mol. The fourth-order valence-electron chi connectivity index (χ4n) is 3.56. The monoisotopic (exact) mass is 352 g/mol. The SMILES string of the molecule is CCC/C(=N\C=C(/C)C(C)Cc1c[nH]c2ccccc12)N1CCN(C)C1. The molecule has 1 aliphatic rings. The zero-order valence-corrected chi connectivity index (χ0v) is 16.6. The van der Waals surface area contributed by atoms with Crippen LogP contribution >= 0.6 is 0 Å². The van der Waals surface area contributed by atoms with Crippen LogP contribution in [0, 0.1) is 5.92 Å². The van der Waals surface area contributed by atoms with Crippen molar-refractivity contribution in [2.45, 2.75) is 40.0 Å². The molecule has 0 radical (unpaired) electrons. The molecule has 26 heavy (non-hydrogen) atoms. The molecule has 1 unspecified atom stereocenters. The van der Waals surface area contributed by atoms with Crippen molar-refractivity contribution in [2.75, 3.05) is 26.8 Å². The van der Waals surface area contributed by atoms with E-state index in [1.807, 2.05) is 0 Å². The van der Waals surface area contributed by atoms with Gasteiger partial charge in [0.15, 0.2) is 0 Å². The van der Waals surface area contributed by atoms with Gasteiger partial charge in [-0.2, -0.15) is 0 Å². The third-order valence-corrected chi connectivity index (χ3v) is 5.40. The van der Waals surface area contributed by atoms with E-state index in [4.69, 9.17) is 4.99 Å². The standard InChI is InChI=1S/C22H32N4/c1-5-8-22(26-12-11-25(4)16-26)24-14-18(3)17(2)13-19-15-23-21-10-7-6-9-20(19)21/h6-7,9-10,14-15,17,23H,5,8,11-13,16H2,1-4H3/b18-14+,24-22+. The molecule has 1 N–H and O–H groups in total. The normalized spacial score (nSPS) is 18.1. The fraction of sp³-hybridized carbons (Fsp3) is 0.500. The van der Waals surface area contributed by atoms with Crippen LogP contribution in [0.3, 0.4) is 0 Å². The minimum Gasteiger partial charge on any atom is -0.361 e. The van der Waals surface area contributed by atoms with Crippen molar-refractivity contribution in [1.29, 1.82) is 0 Å². The zero-order valence-electron chi connectivity index (χ0n) is 16.6. The minimum absolute atomic E-state index is 0.474. The van der Waals surface area contributed by atoms with Crippen LogP contribution in [-0.4, -0.2) is 47.4 Å². The van der Waals surface area contributed by atoms with E-state index in [1.54, 1.807) is 0 Å². The first-order valence-electron chi connectivity index (χ1n) is 9.80. The van der Waals surface area contributed by atoms with Crippen LogP contribution in [0.25, 0.3) is 10.9 Å². The molecule has 0 bridgehead atoms. The van der Waals surface area contributed by atoms with E-state index in [0.29, 0.717) is 5.92 Å². The maximum absolute atomic E-state index is 4.89. The maximum Gasteiger partial charge on any atom is 0.105 e. The van der Waals surface area contributed by atoms with Crippen molar-refractivity contribution in [3.8, 4) is 0 Å². The number of amidine groups is 1. The van der Waals surface area contributed by atoms with Gasteiger partial charge in [0.2, 0.25) is 0 Å². The van der Waals surface area contributed by atoms with Crippen LogP contribution in [0.2, 0.25) is 0 Å². The van der Waals surface area contributed by atoms with Gasteiger partial charge in [-0.3, -0.25) is 4.90 Å². The first-order chi connectivity index (χ1) is 12.6. The predicted molar refractivity (Wildman–Crippen MR) is 111 cm³/mol. The predicted octanol–water partition coefficient (Wildman–Crippen LogP) is 4.65. The van der Waals surface area contributed by atoms with Crippen molar-refractivity contribution in [1.82, 2.24) is 14.8 Å². The van der Waals surface area contributed by atoms with Gasteiger partial charge in [-0.15, -0.1) is 0 Å². The molecule has 0 spiro atoms. The number of nitrogens with zero attached hydrogens (tertiary/aromatic N) is 3. The van der Waals surface area contributed by atoms with Gasteiger partial charge in [-0.25, -0.2) is 4.99 Å². The van der Waals surface area contributed by atoms with E-state index in [-0.39, 0.29) is 0 Å². The third kappa shape index (κ3) is 4.36. The first-order valence-corrected chi connectivity index (χ1v) is 9.80. The molecule has 2 aromatic rings. The highest BCUT2D eigenvalue weighted by molar-refractivity contribution is 5.83. The van der Waals surface area contributed by atoms with Crippen molar-refractivity contribution in [3.63, 3.8) is 0 Å². The Kier molecular flexibility index (Phi) is 6.15. The van der Waals surface area contributed by atoms with Crippen LogP contribution < -0.4 is 0 Å². The van der Waals surface area contributed by atoms with Crippen molar-refractivity contribution in [2.24, 2.45) is 10.9 Å². The average molecular weight is 353 g/mol. The van der Waals surface area contributed by atoms with Crippen LogP contribution in [-0.2, 0) is 6.42 Å². The summed E-state index contributed by atoms with van der Waals surface area (Å²) in [7, 11) is 2.17. The van der Waals surface area contributed by atoms with Gasteiger partial charge in [0, 0.05) is 42.8 Å². The number of likely N-dealkylation sites (N-methyl/N-ethyl adjacent to an activating group) is 1. The summed E-state index contributed by atoms with van der Waals surface area (Å²) in [5.41, 5.74) is 3.95. The molecule has 0 amide bonds. The minimum atomic E-state index is 0.474. The number of para-hydroxylation sites is 1. The molecule has 1 aliphatic heterocycles. The summed E-state index contributed by atoms with van der Waals surface area (Å²) in [4.78, 5) is 13.0. The number of hydrogen-bond acceptors (Lipinski definition) is 2. The molecule has 1 fully saturated rings. The number of benzene rings is 1. The number of hydrogen-bond donors (Lipinski definition) is 1. The summed E-state index contributed by atoms with van der Waals surface area (Å²) >= 11 is 0. The Labute approximate surface area is 157 Å². The number of aromatic amines is 1. The summed E-state index contributed by atoms with van der Waals surface area (Å²) in [6.07, 6.45) is 7.48. The molecule has 1 saturated heterocycles. The number of allylic oxidation sites excluding steroid dienone is 1. The molecule has 1 atom stereocenters. The van der Waals surface area contributed by atoms with Gasteiger partial charge in [0.05, 0.1) is 6.67 Å². The summed E-state index contributed by atoms with van der Waals surface area (Å²) in [6.45, 7) is 9.95. The van der Waals surface area contributed by atoms with Crippen LogP contribution in [0.5, 0.6) is 0 Å². The number of aromatic nitrogens is 1. The van der Waals surface area contributed by atoms with E-state index in [2.05, 4.69) is 79.3 Å². The Morgan fingerprint density at radius 2 is 2.12 bits per heavy atom. The molecular formula is C22H32N4. The smallest absolute Gasteiger partial charge is 0.105 e. The van der Waals surface area contributed by atoms with E-state index in [0.717, 1.165) is 39.0 Å². The number of H-pyrrole nitrogens is 1. The average Bonchev–Trinajstić information content (AvgIpc) is 3.25. The Morgan fingerprint density at radius 1 is 1.31 bits per heavy atom. The highest BCUT2D eigenvalue weighted by atomic mass is 15.4.